The van der Waals surface area contributed by atoms with Crippen LogP contribution < -0.4 is 5.32 Å². The summed E-state index contributed by atoms with van der Waals surface area (Å²) in [6.07, 6.45) is 2.71. The minimum Gasteiger partial charge on any atom is -0.393 e. The summed E-state index contributed by atoms with van der Waals surface area (Å²) < 4.78 is 1.96. The van der Waals surface area contributed by atoms with Gasteiger partial charge in [0.2, 0.25) is 0 Å². The van der Waals surface area contributed by atoms with E-state index in [0.29, 0.717) is 11.8 Å². The van der Waals surface area contributed by atoms with Gasteiger partial charge in [0, 0.05) is 18.3 Å². The van der Waals surface area contributed by atoms with Gasteiger partial charge in [-0.1, -0.05) is 39.0 Å². The Morgan fingerprint density at radius 1 is 1.13 bits per heavy atom. The zero-order chi connectivity index (χ0) is 16.8. The fourth-order valence-electron chi connectivity index (χ4n) is 2.88. The summed E-state index contributed by atoms with van der Waals surface area (Å²) in [6, 6.07) is 10.2. The van der Waals surface area contributed by atoms with Crippen molar-refractivity contribution in [3.63, 3.8) is 0 Å². The number of benzene rings is 1. The molecule has 2 rings (SSSR count). The van der Waals surface area contributed by atoms with Gasteiger partial charge < -0.3 is 10.4 Å². The second kappa shape index (κ2) is 8.27. The third-order valence-corrected chi connectivity index (χ3v) is 3.94. The predicted molar refractivity (Wildman–Crippen MR) is 94.8 cm³/mol. The number of nitrogens with zero attached hydrogens (tertiary/aromatic N) is 2. The third kappa shape index (κ3) is 5.19. The standard InChI is InChI=1S/C19H29N3O/c1-14(2)19-17(12-20-11-15(3)10-16(4)23)13-22(21-19)18-8-6-5-7-9-18/h5-9,13-16,20,23H,10-12H2,1-4H3. The maximum atomic E-state index is 9.44. The molecule has 126 valence electrons. The number of rotatable bonds is 8. The molecule has 1 aromatic heterocycles. The van der Waals surface area contributed by atoms with E-state index in [0.717, 1.165) is 30.9 Å². The maximum Gasteiger partial charge on any atom is 0.0699 e. The summed E-state index contributed by atoms with van der Waals surface area (Å²) in [4.78, 5) is 0. The summed E-state index contributed by atoms with van der Waals surface area (Å²) in [7, 11) is 0. The molecule has 0 saturated heterocycles. The Hall–Kier alpha value is -1.65. The summed E-state index contributed by atoms with van der Waals surface area (Å²) in [6.45, 7) is 10.1. The number of aliphatic hydroxyl groups is 1. The number of hydrogen-bond acceptors (Lipinski definition) is 3. The lowest BCUT2D eigenvalue weighted by molar-refractivity contribution is 0.163. The quantitative estimate of drug-likeness (QED) is 0.784. The molecule has 2 N–H and O–H groups in total. The monoisotopic (exact) mass is 315 g/mol. The van der Waals surface area contributed by atoms with Crippen LogP contribution in [0.2, 0.25) is 0 Å². The minimum atomic E-state index is -0.237. The normalized spacial score (nSPS) is 14.2. The summed E-state index contributed by atoms with van der Waals surface area (Å²) >= 11 is 0. The Bertz CT molecular complexity index is 590. The van der Waals surface area contributed by atoms with E-state index < -0.39 is 0 Å². The predicted octanol–water partition coefficient (Wildman–Crippen LogP) is 3.49. The molecule has 0 bridgehead atoms. The van der Waals surface area contributed by atoms with Crippen LogP contribution in [0.25, 0.3) is 5.69 Å². The molecular weight excluding hydrogens is 286 g/mol. The Morgan fingerprint density at radius 2 is 1.83 bits per heavy atom. The molecule has 0 amide bonds. The van der Waals surface area contributed by atoms with Crippen LogP contribution in [-0.2, 0) is 6.54 Å². The van der Waals surface area contributed by atoms with E-state index in [1.54, 1.807) is 0 Å². The van der Waals surface area contributed by atoms with Gasteiger partial charge >= 0.3 is 0 Å². The SMILES string of the molecule is CC(O)CC(C)CNCc1cn(-c2ccccc2)nc1C(C)C. The Morgan fingerprint density at radius 3 is 2.43 bits per heavy atom. The van der Waals surface area contributed by atoms with Gasteiger partial charge in [0.15, 0.2) is 0 Å². The summed E-state index contributed by atoms with van der Waals surface area (Å²) in [5, 5.41) is 17.7. The molecule has 0 aliphatic carbocycles. The van der Waals surface area contributed by atoms with Crippen LogP contribution in [0.5, 0.6) is 0 Å². The van der Waals surface area contributed by atoms with Crippen molar-refractivity contribution < 1.29 is 5.11 Å². The Kier molecular flexibility index (Phi) is 6.37. The van der Waals surface area contributed by atoms with Crippen LogP contribution in [0.1, 0.15) is 51.3 Å². The fraction of sp³-hybridized carbons (Fsp3) is 0.526. The second-order valence-electron chi connectivity index (χ2n) is 6.80. The maximum absolute atomic E-state index is 9.44. The van der Waals surface area contributed by atoms with Crippen molar-refractivity contribution >= 4 is 0 Å². The van der Waals surface area contributed by atoms with Crippen LogP contribution in [0.4, 0.5) is 0 Å². The first-order valence-corrected chi connectivity index (χ1v) is 8.50. The molecule has 1 heterocycles. The van der Waals surface area contributed by atoms with E-state index in [-0.39, 0.29) is 6.10 Å². The van der Waals surface area contributed by atoms with Crippen LogP contribution in [-0.4, -0.2) is 27.5 Å². The molecule has 0 aliphatic heterocycles. The Labute approximate surface area is 139 Å². The van der Waals surface area contributed by atoms with Crippen molar-refractivity contribution in [1.29, 1.82) is 0 Å². The third-order valence-electron chi connectivity index (χ3n) is 3.94. The molecule has 0 spiro atoms. The molecule has 2 aromatic rings. The number of para-hydroxylation sites is 1. The van der Waals surface area contributed by atoms with Crippen LogP contribution in [0, 0.1) is 5.92 Å². The molecule has 4 heteroatoms. The summed E-state index contributed by atoms with van der Waals surface area (Å²) in [5.41, 5.74) is 3.47. The number of aromatic nitrogens is 2. The van der Waals surface area contributed by atoms with Crippen LogP contribution >= 0.6 is 0 Å². The lowest BCUT2D eigenvalue weighted by Gasteiger charge is -2.14. The topological polar surface area (TPSA) is 50.1 Å². The highest BCUT2D eigenvalue weighted by Gasteiger charge is 2.13. The average Bonchev–Trinajstić information content (AvgIpc) is 2.92. The molecule has 2 unspecified atom stereocenters. The Balaban J connectivity index is 2.04. The molecule has 0 fully saturated rings. The zero-order valence-electron chi connectivity index (χ0n) is 14.7. The first-order chi connectivity index (χ1) is 11.0. The van der Waals surface area contributed by atoms with Crippen molar-refractivity contribution in [2.45, 2.75) is 52.7 Å². The van der Waals surface area contributed by atoms with Crippen LogP contribution in [0.3, 0.4) is 0 Å². The smallest absolute Gasteiger partial charge is 0.0699 e. The minimum absolute atomic E-state index is 0.237. The highest BCUT2D eigenvalue weighted by molar-refractivity contribution is 5.33. The second-order valence-corrected chi connectivity index (χ2v) is 6.80. The van der Waals surface area contributed by atoms with Crippen LogP contribution in [0.15, 0.2) is 36.5 Å². The van der Waals surface area contributed by atoms with E-state index in [1.807, 2.05) is 29.8 Å². The first-order valence-electron chi connectivity index (χ1n) is 8.50. The van der Waals surface area contributed by atoms with E-state index in [1.165, 1.54) is 5.56 Å². The first kappa shape index (κ1) is 17.7. The van der Waals surface area contributed by atoms with Gasteiger partial charge in [-0.15, -0.1) is 0 Å². The van der Waals surface area contributed by atoms with E-state index in [2.05, 4.69) is 44.4 Å². The van der Waals surface area contributed by atoms with Gasteiger partial charge in [-0.05, 0) is 43.9 Å². The lowest BCUT2D eigenvalue weighted by atomic mass is 10.0. The molecular formula is C19H29N3O. The van der Waals surface area contributed by atoms with Gasteiger partial charge in [0.25, 0.3) is 0 Å². The van der Waals surface area contributed by atoms with Crippen molar-refractivity contribution in [3.8, 4) is 5.69 Å². The van der Waals surface area contributed by atoms with E-state index >= 15 is 0 Å². The van der Waals surface area contributed by atoms with Gasteiger partial charge in [-0.2, -0.15) is 5.10 Å². The molecule has 4 nitrogen and oxygen atoms in total. The lowest BCUT2D eigenvalue weighted by Crippen LogP contribution is -2.23. The zero-order valence-corrected chi connectivity index (χ0v) is 14.7. The molecule has 23 heavy (non-hydrogen) atoms. The van der Waals surface area contributed by atoms with Gasteiger partial charge in [0.1, 0.15) is 0 Å². The highest BCUT2D eigenvalue weighted by Crippen LogP contribution is 2.20. The number of hydrogen-bond donors (Lipinski definition) is 2. The van der Waals surface area contributed by atoms with Crippen molar-refractivity contribution in [1.82, 2.24) is 15.1 Å². The van der Waals surface area contributed by atoms with Crippen molar-refractivity contribution in [2.75, 3.05) is 6.54 Å². The van der Waals surface area contributed by atoms with E-state index in [9.17, 15) is 5.11 Å². The van der Waals surface area contributed by atoms with Gasteiger partial charge in [-0.25, -0.2) is 4.68 Å². The fourth-order valence-corrected chi connectivity index (χ4v) is 2.88. The molecule has 0 radical (unpaired) electrons. The van der Waals surface area contributed by atoms with E-state index in [4.69, 9.17) is 5.10 Å². The number of aliphatic hydroxyl groups excluding tert-OH is 1. The number of nitrogens with one attached hydrogen (secondary N) is 1. The average molecular weight is 315 g/mol. The van der Waals surface area contributed by atoms with Crippen molar-refractivity contribution in [2.24, 2.45) is 5.92 Å². The molecule has 0 aliphatic rings. The molecule has 2 atom stereocenters. The molecule has 0 saturated carbocycles. The molecule has 1 aromatic carbocycles. The van der Waals surface area contributed by atoms with Crippen molar-refractivity contribution in [3.05, 3.63) is 47.8 Å². The summed E-state index contributed by atoms with van der Waals surface area (Å²) in [5.74, 6) is 0.855. The van der Waals surface area contributed by atoms with Gasteiger partial charge in [0.05, 0.1) is 17.5 Å². The highest BCUT2D eigenvalue weighted by atomic mass is 16.3. The van der Waals surface area contributed by atoms with Gasteiger partial charge in [-0.3, -0.25) is 0 Å². The largest absolute Gasteiger partial charge is 0.393 e.